The molecule has 2 aromatic carbocycles. The van der Waals surface area contributed by atoms with Crippen LogP contribution in [0.5, 0.6) is 5.75 Å². The third kappa shape index (κ3) is 11.7. The molecular formula is C48H55ClN6O8S2. The van der Waals surface area contributed by atoms with E-state index in [2.05, 4.69) is 15.6 Å². The summed E-state index contributed by atoms with van der Waals surface area (Å²) >= 11 is 9.69. The number of likely N-dealkylation sites (tertiary alicyclic amines) is 2. The normalized spacial score (nSPS) is 14.9. The Morgan fingerprint density at radius 1 is 0.954 bits per heavy atom. The zero-order valence-corrected chi connectivity index (χ0v) is 39.4. The maximum atomic E-state index is 13.4. The molecule has 2 saturated heterocycles. The molecule has 5 heterocycles. The third-order valence-electron chi connectivity index (χ3n) is 12.0. The number of aromatic nitrogens is 2. The Bertz CT molecular complexity index is 2610. The number of nitrogens with zero attached hydrogens (tertiary/aromatic N) is 4. The molecule has 1 unspecified atom stereocenters. The standard InChI is InChI=1S/C48H55ClN6O8S2/c1-30-25-31(49)26-37(35-16-20-50-39-27-33(65-45(35)39)28-55-42(57)14-15-43(55)58)44(30)63-32-17-22-53(23-18-32)41(56)13-7-5-4-6-10-21-54-29-40(34-11-8-9-12-36(34)46(54)59)52-48(61)51-38(19-24-64-3)47(60)62-2/h8-9,11-12,16,20,25-27,29,32,38H,4-7,10,13-15,17-19,21-24,28H2,1-3H3,(H2,51,52,61). The molecule has 0 spiro atoms. The van der Waals surface area contributed by atoms with Crippen LogP contribution in [0.2, 0.25) is 5.02 Å². The van der Waals surface area contributed by atoms with E-state index in [1.165, 1.54) is 23.3 Å². The van der Waals surface area contributed by atoms with Crippen LogP contribution in [0.25, 0.3) is 32.1 Å². The molecule has 5 aromatic rings. The highest BCUT2D eigenvalue weighted by atomic mass is 35.5. The van der Waals surface area contributed by atoms with E-state index >= 15 is 0 Å². The lowest BCUT2D eigenvalue weighted by molar-refractivity contribution is -0.143. The minimum Gasteiger partial charge on any atom is -0.489 e. The smallest absolute Gasteiger partial charge is 0.328 e. The van der Waals surface area contributed by atoms with Gasteiger partial charge in [-0.25, -0.2) is 9.59 Å². The Labute approximate surface area is 391 Å². The number of benzene rings is 2. The van der Waals surface area contributed by atoms with Gasteiger partial charge in [0.25, 0.3) is 5.56 Å². The number of hydrogen-bond acceptors (Lipinski definition) is 11. The summed E-state index contributed by atoms with van der Waals surface area (Å²) in [5.41, 5.74) is 3.77. The van der Waals surface area contributed by atoms with Crippen molar-refractivity contribution in [3.63, 3.8) is 0 Å². The largest absolute Gasteiger partial charge is 0.489 e. The maximum absolute atomic E-state index is 13.4. The number of urea groups is 1. The molecular weight excluding hydrogens is 888 g/mol. The monoisotopic (exact) mass is 942 g/mol. The Morgan fingerprint density at radius 2 is 1.68 bits per heavy atom. The number of amides is 5. The Morgan fingerprint density at radius 3 is 2.42 bits per heavy atom. The van der Waals surface area contributed by atoms with Crippen LogP contribution in [-0.4, -0.2) is 93.4 Å². The second-order valence-electron chi connectivity index (χ2n) is 16.5. The van der Waals surface area contributed by atoms with Crippen LogP contribution in [0.3, 0.4) is 0 Å². The topological polar surface area (TPSA) is 169 Å². The quantitative estimate of drug-likeness (QED) is 0.0464. The van der Waals surface area contributed by atoms with Crippen molar-refractivity contribution in [1.82, 2.24) is 24.7 Å². The molecule has 2 fully saturated rings. The number of ether oxygens (including phenoxy) is 2. The molecule has 2 aliphatic rings. The predicted molar refractivity (Wildman–Crippen MR) is 257 cm³/mol. The van der Waals surface area contributed by atoms with Crippen molar-refractivity contribution in [3.05, 3.63) is 86.7 Å². The number of anilines is 1. The summed E-state index contributed by atoms with van der Waals surface area (Å²) in [6.45, 7) is 3.90. The second-order valence-corrected chi connectivity index (χ2v) is 19.1. The van der Waals surface area contributed by atoms with Crippen LogP contribution < -0.4 is 20.9 Å². The molecule has 14 nitrogen and oxygen atoms in total. The maximum Gasteiger partial charge on any atom is 0.328 e. The summed E-state index contributed by atoms with van der Waals surface area (Å²) in [6, 6.07) is 13.4. The van der Waals surface area contributed by atoms with Crippen LogP contribution in [0.1, 0.15) is 81.1 Å². The Kier molecular flexibility index (Phi) is 16.2. The molecule has 0 radical (unpaired) electrons. The molecule has 65 heavy (non-hydrogen) atoms. The predicted octanol–water partition coefficient (Wildman–Crippen LogP) is 8.72. The summed E-state index contributed by atoms with van der Waals surface area (Å²) < 4.78 is 14.2. The van der Waals surface area contributed by atoms with Crippen molar-refractivity contribution in [2.45, 2.75) is 103 Å². The molecule has 0 saturated carbocycles. The number of nitrogens with one attached hydrogen (secondary N) is 2. The van der Waals surface area contributed by atoms with E-state index in [9.17, 15) is 28.8 Å². The molecule has 0 aliphatic carbocycles. The van der Waals surface area contributed by atoms with Crippen molar-refractivity contribution in [2.24, 2.45) is 0 Å². The first kappa shape index (κ1) is 47.5. The minimum atomic E-state index is -0.794. The lowest BCUT2D eigenvalue weighted by atomic mass is 10.0. The number of piperidine rings is 1. The SMILES string of the molecule is COC(=O)C(CCSC)NC(=O)Nc1cn(CCCCCCCC(=O)N2CCC(Oc3c(C)cc(Cl)cc3-c3ccnc4cc(CN5C(=O)CCC5=O)sc34)CC2)c(=O)c2ccccc12. The van der Waals surface area contributed by atoms with Crippen LogP contribution >= 0.6 is 34.7 Å². The first-order chi connectivity index (χ1) is 31.4. The molecule has 3 aromatic heterocycles. The molecule has 7 rings (SSSR count). The van der Waals surface area contributed by atoms with Crippen LogP contribution in [0, 0.1) is 6.92 Å². The summed E-state index contributed by atoms with van der Waals surface area (Å²) in [7, 11) is 1.29. The van der Waals surface area contributed by atoms with Gasteiger partial charge >= 0.3 is 12.0 Å². The van der Waals surface area contributed by atoms with Gasteiger partial charge in [0.15, 0.2) is 0 Å². The lowest BCUT2D eigenvalue weighted by Crippen LogP contribution is -2.44. The number of thiophene rings is 1. The number of esters is 1. The fraction of sp³-hybridized carbons (Fsp3) is 0.438. The number of carbonyl (C=O) groups excluding carboxylic acids is 5. The highest BCUT2D eigenvalue weighted by molar-refractivity contribution is 7.98. The van der Waals surface area contributed by atoms with E-state index in [1.807, 2.05) is 48.4 Å². The van der Waals surface area contributed by atoms with Gasteiger partial charge in [-0.05, 0) is 74.1 Å². The highest BCUT2D eigenvalue weighted by Crippen LogP contribution is 2.42. The van der Waals surface area contributed by atoms with Crippen molar-refractivity contribution >= 4 is 91.1 Å². The van der Waals surface area contributed by atoms with Crippen LogP contribution in [0.15, 0.2) is 65.7 Å². The fourth-order valence-corrected chi connectivity index (χ4v) is 10.4. The van der Waals surface area contributed by atoms with Crippen LogP contribution in [0.4, 0.5) is 10.5 Å². The van der Waals surface area contributed by atoms with Crippen molar-refractivity contribution in [2.75, 3.05) is 37.5 Å². The number of fused-ring (bicyclic) bond motifs is 2. The van der Waals surface area contributed by atoms with Gasteiger partial charge in [-0.2, -0.15) is 11.8 Å². The average Bonchev–Trinajstić information content (AvgIpc) is 3.87. The lowest BCUT2D eigenvalue weighted by Gasteiger charge is -2.33. The molecule has 2 N–H and O–H groups in total. The molecule has 0 bridgehead atoms. The minimum absolute atomic E-state index is 0.0889. The molecule has 344 valence electrons. The van der Waals surface area contributed by atoms with Crippen molar-refractivity contribution in [1.29, 1.82) is 0 Å². The van der Waals surface area contributed by atoms with Gasteiger partial charge in [0.05, 0.1) is 29.6 Å². The molecule has 17 heteroatoms. The first-order valence-electron chi connectivity index (χ1n) is 22.2. The van der Waals surface area contributed by atoms with Gasteiger partial charge in [-0.3, -0.25) is 29.1 Å². The Balaban J connectivity index is 0.874. The van der Waals surface area contributed by atoms with E-state index in [-0.39, 0.29) is 48.8 Å². The van der Waals surface area contributed by atoms with Crippen molar-refractivity contribution < 1.29 is 33.4 Å². The molecule has 5 amide bonds. The number of thioether (sulfide) groups is 1. The number of methoxy groups -OCH3 is 1. The number of aryl methyl sites for hydroxylation is 2. The number of rotatable bonds is 19. The highest BCUT2D eigenvalue weighted by Gasteiger charge is 2.30. The summed E-state index contributed by atoms with van der Waals surface area (Å²) in [6.07, 6.45) is 12.2. The van der Waals surface area contributed by atoms with E-state index in [4.69, 9.17) is 21.1 Å². The second kappa shape index (κ2) is 22.2. The summed E-state index contributed by atoms with van der Waals surface area (Å²) in [5, 5.41) is 7.24. The number of carbonyl (C=O) groups is 5. The number of imide groups is 1. The van der Waals surface area contributed by atoms with E-state index < -0.39 is 18.0 Å². The zero-order chi connectivity index (χ0) is 46.0. The number of hydrogen-bond donors (Lipinski definition) is 2. The van der Waals surface area contributed by atoms with Crippen LogP contribution in [-0.2, 0) is 37.0 Å². The average molecular weight is 944 g/mol. The Hall–Kier alpha value is -5.45. The van der Waals surface area contributed by atoms with Crippen molar-refractivity contribution in [3.8, 4) is 16.9 Å². The van der Waals surface area contributed by atoms with Gasteiger partial charge in [-0.15, -0.1) is 11.3 Å². The van der Waals surface area contributed by atoms with Gasteiger partial charge in [0.2, 0.25) is 17.7 Å². The van der Waals surface area contributed by atoms with Gasteiger partial charge in [0, 0.05) is 95.9 Å². The van der Waals surface area contributed by atoms with E-state index in [0.717, 1.165) is 69.6 Å². The number of halogens is 1. The molecule has 2 aliphatic heterocycles. The summed E-state index contributed by atoms with van der Waals surface area (Å²) in [5.74, 6) is 0.733. The zero-order valence-electron chi connectivity index (χ0n) is 37.0. The first-order valence-corrected chi connectivity index (χ1v) is 24.7. The van der Waals surface area contributed by atoms with E-state index in [0.29, 0.717) is 72.6 Å². The number of pyridine rings is 2. The van der Waals surface area contributed by atoms with Gasteiger partial charge in [0.1, 0.15) is 17.9 Å². The van der Waals surface area contributed by atoms with Gasteiger partial charge < -0.3 is 29.6 Å². The van der Waals surface area contributed by atoms with Gasteiger partial charge in [-0.1, -0.05) is 49.1 Å². The third-order valence-corrected chi connectivity index (χ3v) is 14.0. The summed E-state index contributed by atoms with van der Waals surface area (Å²) in [4.78, 5) is 85.3. The fourth-order valence-electron chi connectivity index (χ4n) is 8.51. The number of unbranched alkanes of at least 4 members (excludes halogenated alkanes) is 4. The van der Waals surface area contributed by atoms with E-state index in [1.54, 1.807) is 46.9 Å². The molecule has 1 atom stereocenters.